The van der Waals surface area contributed by atoms with Crippen LogP contribution >= 0.6 is 0 Å². The van der Waals surface area contributed by atoms with Gasteiger partial charge in [0.25, 0.3) is 0 Å². The summed E-state index contributed by atoms with van der Waals surface area (Å²) in [4.78, 5) is 16.7. The summed E-state index contributed by atoms with van der Waals surface area (Å²) in [5.41, 5.74) is 0.396. The molecule has 0 bridgehead atoms. The first kappa shape index (κ1) is 18.4. The summed E-state index contributed by atoms with van der Waals surface area (Å²) < 4.78 is 0. The van der Waals surface area contributed by atoms with Crippen molar-refractivity contribution in [1.82, 2.24) is 9.80 Å². The minimum Gasteiger partial charge on any atom is -0.393 e. The van der Waals surface area contributed by atoms with E-state index < -0.39 is 5.60 Å². The van der Waals surface area contributed by atoms with E-state index in [9.17, 15) is 15.0 Å². The van der Waals surface area contributed by atoms with Crippen LogP contribution in [0.5, 0.6) is 0 Å². The Hall–Kier alpha value is -1.43. The van der Waals surface area contributed by atoms with Gasteiger partial charge in [-0.3, -0.25) is 9.69 Å². The molecule has 5 nitrogen and oxygen atoms in total. The standard InChI is InChI=1S/C20H30N2O3/c23-16-20(25)9-4-11-22(14-10-20)19(24)15-21-12-7-18(8-13-21)17-5-2-1-3-6-17/h1-3,5-6,18,23,25H,4,7-16H2/t20-/m1/s1. The number of carbonyl (C=O) groups excluding carboxylic acids is 1. The van der Waals surface area contributed by atoms with Crippen molar-refractivity contribution in [3.8, 4) is 0 Å². The van der Waals surface area contributed by atoms with Crippen LogP contribution in [0.3, 0.4) is 0 Å². The number of hydrogen-bond acceptors (Lipinski definition) is 4. The summed E-state index contributed by atoms with van der Waals surface area (Å²) in [5.74, 6) is 0.755. The molecule has 2 aliphatic rings. The number of piperidine rings is 1. The second kappa shape index (κ2) is 8.30. The van der Waals surface area contributed by atoms with Crippen LogP contribution in [-0.4, -0.2) is 70.9 Å². The summed E-state index contributed by atoms with van der Waals surface area (Å²) in [6.07, 6.45) is 3.98. The Bertz CT molecular complexity index is 557. The minimum absolute atomic E-state index is 0.153. The molecule has 0 aliphatic carbocycles. The number of rotatable bonds is 4. The zero-order valence-corrected chi connectivity index (χ0v) is 14.9. The number of likely N-dealkylation sites (tertiary alicyclic amines) is 2. The number of carbonyl (C=O) groups is 1. The number of nitrogens with zero attached hydrogens (tertiary/aromatic N) is 2. The van der Waals surface area contributed by atoms with Gasteiger partial charge in [0, 0.05) is 13.1 Å². The molecule has 1 amide bonds. The Morgan fingerprint density at radius 2 is 1.80 bits per heavy atom. The van der Waals surface area contributed by atoms with Crippen molar-refractivity contribution in [2.24, 2.45) is 0 Å². The van der Waals surface area contributed by atoms with E-state index in [0.717, 1.165) is 32.4 Å². The minimum atomic E-state index is -1.01. The second-order valence-electron chi connectivity index (χ2n) is 7.58. The molecule has 1 aromatic rings. The Labute approximate surface area is 150 Å². The Morgan fingerprint density at radius 3 is 2.48 bits per heavy atom. The lowest BCUT2D eigenvalue weighted by Crippen LogP contribution is -2.44. The maximum Gasteiger partial charge on any atom is 0.236 e. The third kappa shape index (κ3) is 4.81. The molecule has 1 atom stereocenters. The maximum absolute atomic E-state index is 12.6. The maximum atomic E-state index is 12.6. The average molecular weight is 346 g/mol. The zero-order chi connectivity index (χ0) is 17.7. The van der Waals surface area contributed by atoms with Crippen LogP contribution in [-0.2, 0) is 4.79 Å². The van der Waals surface area contributed by atoms with Gasteiger partial charge in [-0.05, 0) is 56.7 Å². The summed E-state index contributed by atoms with van der Waals surface area (Å²) in [6.45, 7) is 3.39. The fourth-order valence-corrected chi connectivity index (χ4v) is 4.03. The van der Waals surface area contributed by atoms with E-state index in [0.29, 0.717) is 38.4 Å². The van der Waals surface area contributed by atoms with E-state index in [1.54, 1.807) is 0 Å². The molecular formula is C20H30N2O3. The highest BCUT2D eigenvalue weighted by Gasteiger charge is 2.31. The lowest BCUT2D eigenvalue weighted by atomic mass is 9.89. The van der Waals surface area contributed by atoms with Gasteiger partial charge in [-0.2, -0.15) is 0 Å². The van der Waals surface area contributed by atoms with Gasteiger partial charge >= 0.3 is 0 Å². The lowest BCUT2D eigenvalue weighted by Gasteiger charge is -2.33. The molecule has 0 spiro atoms. The predicted molar refractivity (Wildman–Crippen MR) is 97.3 cm³/mol. The van der Waals surface area contributed by atoms with Gasteiger partial charge in [-0.15, -0.1) is 0 Å². The fraction of sp³-hybridized carbons (Fsp3) is 0.650. The molecular weight excluding hydrogens is 316 g/mol. The van der Waals surface area contributed by atoms with Crippen molar-refractivity contribution < 1.29 is 15.0 Å². The van der Waals surface area contributed by atoms with Crippen molar-refractivity contribution >= 4 is 5.91 Å². The Morgan fingerprint density at radius 1 is 1.08 bits per heavy atom. The normalized spacial score (nSPS) is 26.4. The molecule has 3 rings (SSSR count). The number of hydrogen-bond donors (Lipinski definition) is 2. The zero-order valence-electron chi connectivity index (χ0n) is 14.9. The van der Waals surface area contributed by atoms with Gasteiger partial charge in [0.2, 0.25) is 5.91 Å². The smallest absolute Gasteiger partial charge is 0.236 e. The highest BCUT2D eigenvalue weighted by molar-refractivity contribution is 5.78. The summed E-state index contributed by atoms with van der Waals surface area (Å²) in [6, 6.07) is 10.6. The first-order valence-corrected chi connectivity index (χ1v) is 9.48. The molecule has 0 saturated carbocycles. The van der Waals surface area contributed by atoms with Crippen molar-refractivity contribution in [2.75, 3.05) is 39.3 Å². The topological polar surface area (TPSA) is 64.0 Å². The van der Waals surface area contributed by atoms with Gasteiger partial charge in [-0.1, -0.05) is 30.3 Å². The van der Waals surface area contributed by atoms with Gasteiger partial charge in [0.15, 0.2) is 0 Å². The van der Waals surface area contributed by atoms with E-state index in [4.69, 9.17) is 0 Å². The van der Waals surface area contributed by atoms with E-state index in [1.807, 2.05) is 4.90 Å². The molecule has 2 aliphatic heterocycles. The molecule has 2 N–H and O–H groups in total. The quantitative estimate of drug-likeness (QED) is 0.869. The Kier molecular flexibility index (Phi) is 6.10. The SMILES string of the molecule is O=C(CN1CCC(c2ccccc2)CC1)N1CCC[C@](O)(CO)CC1. The summed E-state index contributed by atoms with van der Waals surface area (Å²) in [7, 11) is 0. The summed E-state index contributed by atoms with van der Waals surface area (Å²) in [5, 5.41) is 19.5. The molecule has 0 radical (unpaired) electrons. The number of amides is 1. The third-order valence-corrected chi connectivity index (χ3v) is 5.78. The largest absolute Gasteiger partial charge is 0.393 e. The van der Waals surface area contributed by atoms with Crippen molar-refractivity contribution in [3.63, 3.8) is 0 Å². The van der Waals surface area contributed by atoms with Crippen LogP contribution in [0, 0.1) is 0 Å². The van der Waals surface area contributed by atoms with E-state index in [2.05, 4.69) is 35.2 Å². The van der Waals surface area contributed by atoms with Crippen molar-refractivity contribution in [1.29, 1.82) is 0 Å². The van der Waals surface area contributed by atoms with Gasteiger partial charge in [0.05, 0.1) is 18.8 Å². The molecule has 2 fully saturated rings. The molecule has 138 valence electrons. The van der Waals surface area contributed by atoms with Crippen LogP contribution in [0.1, 0.15) is 43.6 Å². The second-order valence-corrected chi connectivity index (χ2v) is 7.58. The first-order chi connectivity index (χ1) is 12.1. The van der Waals surface area contributed by atoms with Gasteiger partial charge in [-0.25, -0.2) is 0 Å². The highest BCUT2D eigenvalue weighted by atomic mass is 16.3. The van der Waals surface area contributed by atoms with Crippen LogP contribution in [0.4, 0.5) is 0 Å². The van der Waals surface area contributed by atoms with Crippen molar-refractivity contribution in [2.45, 2.75) is 43.6 Å². The Balaban J connectivity index is 1.46. The van der Waals surface area contributed by atoms with Gasteiger partial charge in [0.1, 0.15) is 0 Å². The van der Waals surface area contributed by atoms with E-state index in [-0.39, 0.29) is 12.5 Å². The molecule has 1 aromatic carbocycles. The lowest BCUT2D eigenvalue weighted by molar-refractivity contribution is -0.132. The first-order valence-electron chi connectivity index (χ1n) is 9.48. The van der Waals surface area contributed by atoms with Gasteiger partial charge < -0.3 is 15.1 Å². The molecule has 5 heteroatoms. The molecule has 2 saturated heterocycles. The number of benzene rings is 1. The molecule has 0 unspecified atom stereocenters. The third-order valence-electron chi connectivity index (χ3n) is 5.78. The number of aliphatic hydroxyl groups excluding tert-OH is 1. The average Bonchev–Trinajstić information content (AvgIpc) is 2.85. The summed E-state index contributed by atoms with van der Waals surface area (Å²) >= 11 is 0. The van der Waals surface area contributed by atoms with Crippen LogP contribution in [0.2, 0.25) is 0 Å². The molecule has 0 aromatic heterocycles. The predicted octanol–water partition coefficient (Wildman–Crippen LogP) is 1.60. The molecule has 2 heterocycles. The van der Waals surface area contributed by atoms with Crippen LogP contribution in [0.25, 0.3) is 0 Å². The fourth-order valence-electron chi connectivity index (χ4n) is 4.03. The monoisotopic (exact) mass is 346 g/mol. The number of aliphatic hydroxyl groups is 2. The highest BCUT2D eigenvalue weighted by Crippen LogP contribution is 2.28. The van der Waals surface area contributed by atoms with Crippen LogP contribution < -0.4 is 0 Å². The van der Waals surface area contributed by atoms with Crippen molar-refractivity contribution in [3.05, 3.63) is 35.9 Å². The van der Waals surface area contributed by atoms with E-state index >= 15 is 0 Å². The van der Waals surface area contributed by atoms with E-state index in [1.165, 1.54) is 5.56 Å². The van der Waals surface area contributed by atoms with Crippen LogP contribution in [0.15, 0.2) is 30.3 Å². The molecule has 25 heavy (non-hydrogen) atoms.